The van der Waals surface area contributed by atoms with Crippen LogP contribution in [0.2, 0.25) is 5.02 Å². The summed E-state index contributed by atoms with van der Waals surface area (Å²) in [5.41, 5.74) is 5.86. The van der Waals surface area contributed by atoms with Crippen LogP contribution in [0.3, 0.4) is 0 Å². The van der Waals surface area contributed by atoms with Gasteiger partial charge in [0, 0.05) is 5.56 Å². The molecule has 11 heteroatoms. The number of primary amides is 1. The summed E-state index contributed by atoms with van der Waals surface area (Å²) in [5, 5.41) is 20.4. The molecule has 2 amide bonds. The van der Waals surface area contributed by atoms with Crippen LogP contribution in [-0.2, 0) is 9.59 Å². The number of ether oxygens (including phenoxy) is 1. The van der Waals surface area contributed by atoms with Crippen molar-refractivity contribution < 1.29 is 34.1 Å². The number of carbonyl (C=O) groups excluding carboxylic acids is 2. The minimum atomic E-state index is -1.31. The van der Waals surface area contributed by atoms with Crippen LogP contribution in [0.1, 0.15) is 27.0 Å². The van der Waals surface area contributed by atoms with E-state index in [0.717, 1.165) is 11.3 Å². The van der Waals surface area contributed by atoms with Gasteiger partial charge in [0.25, 0.3) is 5.91 Å². The van der Waals surface area contributed by atoms with Crippen LogP contribution in [0.15, 0.2) is 24.3 Å². The Kier molecular flexibility index (Phi) is 6.60. The summed E-state index contributed by atoms with van der Waals surface area (Å²) >= 11 is 7.01. The molecule has 2 rings (SSSR count). The van der Waals surface area contributed by atoms with E-state index in [1.54, 1.807) is 0 Å². The number of aliphatic carboxylic acids is 1. The summed E-state index contributed by atoms with van der Waals surface area (Å²) in [7, 11) is 0. The van der Waals surface area contributed by atoms with Crippen molar-refractivity contribution in [3.63, 3.8) is 0 Å². The second-order valence-corrected chi connectivity index (χ2v) is 6.96. The fourth-order valence-corrected chi connectivity index (χ4v) is 3.52. The van der Waals surface area contributed by atoms with E-state index in [0.29, 0.717) is 10.4 Å². The van der Waals surface area contributed by atoms with Crippen molar-refractivity contribution in [3.8, 4) is 16.2 Å². The molecule has 28 heavy (non-hydrogen) atoms. The molecule has 148 valence electrons. The highest BCUT2D eigenvalue weighted by molar-refractivity contribution is 7.18. The van der Waals surface area contributed by atoms with Gasteiger partial charge < -0.3 is 26.0 Å². The lowest BCUT2D eigenvalue weighted by Gasteiger charge is -2.10. The minimum absolute atomic E-state index is 0.0387. The van der Waals surface area contributed by atoms with Gasteiger partial charge in [0.2, 0.25) is 5.91 Å². The Morgan fingerprint density at radius 2 is 1.82 bits per heavy atom. The van der Waals surface area contributed by atoms with Gasteiger partial charge in [-0.05, 0) is 24.6 Å². The molecule has 0 aliphatic carbocycles. The van der Waals surface area contributed by atoms with Gasteiger partial charge in [0.15, 0.2) is 17.2 Å². The number of hydrogen-bond donors (Lipinski definition) is 4. The third kappa shape index (κ3) is 4.78. The number of thiophene rings is 1. The summed E-state index contributed by atoms with van der Waals surface area (Å²) < 4.78 is 5.01. The second-order valence-electron chi connectivity index (χ2n) is 5.57. The fourth-order valence-electron chi connectivity index (χ4n) is 2.11. The maximum atomic E-state index is 12.1. The first-order valence-electron chi connectivity index (χ1n) is 7.72. The summed E-state index contributed by atoms with van der Waals surface area (Å²) in [6, 6.07) is 5.16. The van der Waals surface area contributed by atoms with E-state index in [1.807, 2.05) is 0 Å². The molecule has 1 unspecified atom stereocenters. The molecule has 1 atom stereocenters. The van der Waals surface area contributed by atoms with Crippen LogP contribution in [0.25, 0.3) is 10.4 Å². The first-order valence-corrected chi connectivity index (χ1v) is 8.92. The van der Waals surface area contributed by atoms with Crippen molar-refractivity contribution in [1.29, 1.82) is 0 Å². The molecule has 0 spiro atoms. The highest BCUT2D eigenvalue weighted by atomic mass is 35.5. The molecule has 0 fully saturated rings. The van der Waals surface area contributed by atoms with Crippen LogP contribution in [0.5, 0.6) is 5.75 Å². The zero-order chi connectivity index (χ0) is 21.0. The molecule has 9 nitrogen and oxygen atoms in total. The quantitative estimate of drug-likeness (QED) is 0.501. The van der Waals surface area contributed by atoms with E-state index in [2.05, 4.69) is 5.32 Å². The number of carbonyl (C=O) groups is 4. The summed E-state index contributed by atoms with van der Waals surface area (Å²) in [6.07, 6.45) is 0. The zero-order valence-corrected chi connectivity index (χ0v) is 16.0. The Morgan fingerprint density at radius 3 is 2.32 bits per heavy atom. The van der Waals surface area contributed by atoms with Gasteiger partial charge in [-0.2, -0.15) is 0 Å². The summed E-state index contributed by atoms with van der Waals surface area (Å²) in [6.45, 7) is 0.708. The van der Waals surface area contributed by atoms with Gasteiger partial charge in [-0.3, -0.25) is 9.59 Å². The first kappa shape index (κ1) is 21.2. The maximum Gasteiger partial charge on any atom is 0.349 e. The lowest BCUT2D eigenvalue weighted by molar-refractivity contribution is -0.139. The van der Waals surface area contributed by atoms with Crippen molar-refractivity contribution in [2.45, 2.75) is 13.0 Å². The Labute approximate surface area is 167 Å². The lowest BCUT2D eigenvalue weighted by atomic mass is 10.1. The number of carboxylic acids is 2. The highest BCUT2D eigenvalue weighted by Crippen LogP contribution is 2.45. The second kappa shape index (κ2) is 8.72. The average molecular weight is 427 g/mol. The van der Waals surface area contributed by atoms with E-state index in [-0.39, 0.29) is 21.2 Å². The normalized spacial score (nSPS) is 11.5. The predicted molar refractivity (Wildman–Crippen MR) is 101 cm³/mol. The van der Waals surface area contributed by atoms with Crippen LogP contribution in [0, 0.1) is 0 Å². The third-order valence-electron chi connectivity index (χ3n) is 3.53. The highest BCUT2D eigenvalue weighted by Gasteiger charge is 2.25. The van der Waals surface area contributed by atoms with Crippen molar-refractivity contribution in [3.05, 3.63) is 39.7 Å². The number of amides is 2. The predicted octanol–water partition coefficient (Wildman–Crippen LogP) is 1.83. The first-order chi connectivity index (χ1) is 13.1. The molecule has 0 aliphatic heterocycles. The minimum Gasteiger partial charge on any atom is -0.479 e. The molecule has 5 N–H and O–H groups in total. The number of aromatic carboxylic acids is 1. The van der Waals surface area contributed by atoms with Crippen molar-refractivity contribution in [2.24, 2.45) is 5.73 Å². The average Bonchev–Trinajstić information content (AvgIpc) is 2.96. The zero-order valence-electron chi connectivity index (χ0n) is 14.4. The number of nitrogens with one attached hydrogen (secondary N) is 1. The Hall–Kier alpha value is -3.11. The third-order valence-corrected chi connectivity index (χ3v) is 5.21. The number of benzene rings is 1. The molecule has 1 heterocycles. The summed E-state index contributed by atoms with van der Waals surface area (Å²) in [5.74, 6) is -4.00. The number of rotatable bonds is 8. The summed E-state index contributed by atoms with van der Waals surface area (Å²) in [4.78, 5) is 45.3. The smallest absolute Gasteiger partial charge is 0.349 e. The lowest BCUT2D eigenvalue weighted by Crippen LogP contribution is -2.42. The molecule has 0 saturated carbocycles. The van der Waals surface area contributed by atoms with Crippen LogP contribution in [0.4, 0.5) is 0 Å². The van der Waals surface area contributed by atoms with E-state index < -0.39 is 36.4 Å². The number of hydrogen-bond acceptors (Lipinski definition) is 6. The Bertz CT molecular complexity index is 940. The molecule has 2 aromatic rings. The molecular weight excluding hydrogens is 412 g/mol. The maximum absolute atomic E-state index is 12.1. The number of carboxylic acid groups (broad SMARTS) is 2. The van der Waals surface area contributed by atoms with Gasteiger partial charge in [-0.1, -0.05) is 23.7 Å². The van der Waals surface area contributed by atoms with Gasteiger partial charge in [-0.25, -0.2) is 9.59 Å². The van der Waals surface area contributed by atoms with Crippen LogP contribution < -0.4 is 15.8 Å². The van der Waals surface area contributed by atoms with Crippen molar-refractivity contribution >= 4 is 46.7 Å². The molecule has 1 aromatic heterocycles. The number of nitrogens with two attached hydrogens (primary N) is 1. The molecule has 1 aromatic carbocycles. The standard InChI is InChI=1S/C17H15ClN2O7S/c1-7(15(19)23)20-16(24)9-4-2-8(3-5-9)13-11(18)12(27-6-10(21)22)14(28-13)17(25)26/h2-5,7H,6H2,1H3,(H2,19,23)(H,20,24)(H,21,22)(H,25,26). The van der Waals surface area contributed by atoms with Crippen LogP contribution >= 0.6 is 22.9 Å². The molecule has 0 aliphatic rings. The SMILES string of the molecule is CC(NC(=O)c1ccc(-c2sc(C(=O)O)c(OCC(=O)O)c2Cl)cc1)C(N)=O. The molecule has 0 bridgehead atoms. The molecular formula is C17H15ClN2O7S. The number of halogens is 1. The van der Waals surface area contributed by atoms with E-state index in [1.165, 1.54) is 31.2 Å². The monoisotopic (exact) mass is 426 g/mol. The van der Waals surface area contributed by atoms with E-state index in [4.69, 9.17) is 27.2 Å². The molecule has 0 saturated heterocycles. The van der Waals surface area contributed by atoms with Gasteiger partial charge in [0.05, 0.1) is 4.88 Å². The van der Waals surface area contributed by atoms with Crippen LogP contribution in [-0.4, -0.2) is 46.6 Å². The Balaban J connectivity index is 2.31. The molecule has 0 radical (unpaired) electrons. The van der Waals surface area contributed by atoms with Gasteiger partial charge >= 0.3 is 11.9 Å². The van der Waals surface area contributed by atoms with Crippen molar-refractivity contribution in [1.82, 2.24) is 5.32 Å². The van der Waals surface area contributed by atoms with E-state index in [9.17, 15) is 24.3 Å². The van der Waals surface area contributed by atoms with Gasteiger partial charge in [0.1, 0.15) is 11.1 Å². The fraction of sp³-hybridized carbons (Fsp3) is 0.176. The topological polar surface area (TPSA) is 156 Å². The Morgan fingerprint density at radius 1 is 1.21 bits per heavy atom. The van der Waals surface area contributed by atoms with Gasteiger partial charge in [-0.15, -0.1) is 11.3 Å². The van der Waals surface area contributed by atoms with Crippen molar-refractivity contribution in [2.75, 3.05) is 6.61 Å². The van der Waals surface area contributed by atoms with E-state index >= 15 is 0 Å². The largest absolute Gasteiger partial charge is 0.479 e.